The van der Waals surface area contributed by atoms with E-state index in [0.717, 1.165) is 15.6 Å². The first-order valence-electron chi connectivity index (χ1n) is 4.88. The molecule has 6 heteroatoms. The minimum Gasteiger partial charge on any atom is -0.380 e. The fourth-order valence-electron chi connectivity index (χ4n) is 1.52. The van der Waals surface area contributed by atoms with Gasteiger partial charge in [-0.3, -0.25) is 4.57 Å². The number of hydrogen-bond donors (Lipinski definition) is 1. The normalized spacial score (nSPS) is 13.2. The molecule has 1 atom stereocenters. The largest absolute Gasteiger partial charge is 0.380 e. The van der Waals surface area contributed by atoms with Crippen molar-refractivity contribution < 1.29 is 4.74 Å². The van der Waals surface area contributed by atoms with Crippen molar-refractivity contribution in [1.29, 1.82) is 0 Å². The van der Waals surface area contributed by atoms with Gasteiger partial charge in [-0.05, 0) is 41.1 Å². The molecule has 1 unspecified atom stereocenters. The van der Waals surface area contributed by atoms with Gasteiger partial charge < -0.3 is 9.72 Å². The first-order chi connectivity index (χ1) is 7.61. The molecule has 1 N–H and O–H groups in total. The van der Waals surface area contributed by atoms with E-state index in [0.29, 0.717) is 11.3 Å². The minimum absolute atomic E-state index is 0.108. The zero-order chi connectivity index (χ0) is 11.7. The molecule has 0 saturated heterocycles. The number of nitrogens with zero attached hydrogens (tertiary/aromatic N) is 2. The molecule has 0 aliphatic heterocycles. The van der Waals surface area contributed by atoms with Crippen LogP contribution in [0.15, 0.2) is 16.7 Å². The molecule has 0 bridgehead atoms. The van der Waals surface area contributed by atoms with Crippen molar-refractivity contribution in [2.24, 2.45) is 0 Å². The van der Waals surface area contributed by atoms with Crippen LogP contribution in [0.25, 0.3) is 11.2 Å². The summed E-state index contributed by atoms with van der Waals surface area (Å²) in [6, 6.07) is 1.96. The molecule has 86 valence electrons. The van der Waals surface area contributed by atoms with Crippen molar-refractivity contribution in [3.63, 3.8) is 0 Å². The summed E-state index contributed by atoms with van der Waals surface area (Å²) in [7, 11) is 1.69. The number of aromatic nitrogens is 3. The second-order valence-corrected chi connectivity index (χ2v) is 4.91. The molecule has 0 spiro atoms. The minimum atomic E-state index is 0.108. The van der Waals surface area contributed by atoms with Crippen LogP contribution in [0.2, 0.25) is 0 Å². The van der Waals surface area contributed by atoms with E-state index in [9.17, 15) is 0 Å². The number of methoxy groups -OCH3 is 1. The summed E-state index contributed by atoms with van der Waals surface area (Å²) < 4.78 is 8.79. The van der Waals surface area contributed by atoms with Gasteiger partial charge in [0.1, 0.15) is 0 Å². The number of hydrogen-bond acceptors (Lipinski definition) is 3. The smallest absolute Gasteiger partial charge is 0.179 e. The van der Waals surface area contributed by atoms with Gasteiger partial charge in [0.15, 0.2) is 10.4 Å². The molecule has 2 rings (SSSR count). The van der Waals surface area contributed by atoms with Crippen molar-refractivity contribution in [2.45, 2.75) is 19.6 Å². The summed E-state index contributed by atoms with van der Waals surface area (Å²) in [5.74, 6) is 0. The summed E-state index contributed by atoms with van der Waals surface area (Å²) in [5, 5.41) is 0. The van der Waals surface area contributed by atoms with Crippen LogP contribution in [0.5, 0.6) is 0 Å². The van der Waals surface area contributed by atoms with Crippen LogP contribution < -0.4 is 0 Å². The molecule has 0 radical (unpaired) electrons. The SMILES string of the molecule is COC(C)Cn1c(=S)[nH]c2cc(Br)cnc21. The Morgan fingerprint density at radius 2 is 2.44 bits per heavy atom. The molecular formula is C10H12BrN3OS. The Hall–Kier alpha value is -0.720. The number of fused-ring (bicyclic) bond motifs is 1. The number of ether oxygens (including phenoxy) is 1. The fraction of sp³-hybridized carbons (Fsp3) is 0.400. The van der Waals surface area contributed by atoms with E-state index in [2.05, 4.69) is 25.9 Å². The first-order valence-corrected chi connectivity index (χ1v) is 6.09. The monoisotopic (exact) mass is 301 g/mol. The van der Waals surface area contributed by atoms with E-state index in [1.807, 2.05) is 17.6 Å². The maximum Gasteiger partial charge on any atom is 0.179 e. The van der Waals surface area contributed by atoms with Gasteiger partial charge in [-0.25, -0.2) is 4.98 Å². The molecule has 4 nitrogen and oxygen atoms in total. The third-order valence-corrected chi connectivity index (χ3v) is 3.17. The Kier molecular flexibility index (Phi) is 3.41. The molecular weight excluding hydrogens is 290 g/mol. The molecule has 0 aliphatic rings. The summed E-state index contributed by atoms with van der Waals surface area (Å²) in [6.45, 7) is 2.70. The highest BCUT2D eigenvalue weighted by molar-refractivity contribution is 9.10. The number of aromatic amines is 1. The molecule has 16 heavy (non-hydrogen) atoms. The summed E-state index contributed by atoms with van der Waals surface area (Å²) >= 11 is 8.64. The zero-order valence-corrected chi connectivity index (χ0v) is 11.4. The topological polar surface area (TPSA) is 42.8 Å². The van der Waals surface area contributed by atoms with Gasteiger partial charge in [0, 0.05) is 17.8 Å². The van der Waals surface area contributed by atoms with Gasteiger partial charge in [-0.15, -0.1) is 0 Å². The second kappa shape index (κ2) is 4.65. The fourth-order valence-corrected chi connectivity index (χ4v) is 2.12. The lowest BCUT2D eigenvalue weighted by atomic mass is 10.4. The van der Waals surface area contributed by atoms with E-state index in [-0.39, 0.29) is 6.10 Å². The van der Waals surface area contributed by atoms with Crippen LogP contribution in [0.3, 0.4) is 0 Å². The zero-order valence-electron chi connectivity index (χ0n) is 9.03. The molecule has 0 fully saturated rings. The third-order valence-electron chi connectivity index (χ3n) is 2.42. The second-order valence-electron chi connectivity index (χ2n) is 3.61. The van der Waals surface area contributed by atoms with Crippen LogP contribution in [-0.2, 0) is 11.3 Å². The van der Waals surface area contributed by atoms with Crippen LogP contribution >= 0.6 is 28.1 Å². The molecule has 0 aromatic carbocycles. The Balaban J connectivity index is 2.52. The van der Waals surface area contributed by atoms with E-state index in [4.69, 9.17) is 17.0 Å². The highest BCUT2D eigenvalue weighted by Gasteiger charge is 2.09. The number of rotatable bonds is 3. The van der Waals surface area contributed by atoms with Crippen molar-refractivity contribution >= 4 is 39.3 Å². The van der Waals surface area contributed by atoms with Gasteiger partial charge in [0.2, 0.25) is 0 Å². The number of halogens is 1. The van der Waals surface area contributed by atoms with Gasteiger partial charge >= 0.3 is 0 Å². The quantitative estimate of drug-likeness (QED) is 0.887. The predicted molar refractivity (Wildman–Crippen MR) is 69.1 cm³/mol. The molecule has 2 aromatic rings. The lowest BCUT2D eigenvalue weighted by Crippen LogP contribution is -2.14. The number of nitrogens with one attached hydrogen (secondary N) is 1. The van der Waals surface area contributed by atoms with Gasteiger partial charge in [-0.1, -0.05) is 0 Å². The Labute approximate surface area is 107 Å². The van der Waals surface area contributed by atoms with Crippen LogP contribution in [-0.4, -0.2) is 27.7 Å². The number of imidazole rings is 1. The Morgan fingerprint density at radius 3 is 3.12 bits per heavy atom. The van der Waals surface area contributed by atoms with E-state index >= 15 is 0 Å². The summed E-state index contributed by atoms with van der Waals surface area (Å²) in [6.07, 6.45) is 1.87. The highest BCUT2D eigenvalue weighted by Crippen LogP contribution is 2.17. The average Bonchev–Trinajstić information content (AvgIpc) is 2.54. The van der Waals surface area contributed by atoms with E-state index < -0.39 is 0 Å². The third kappa shape index (κ3) is 2.18. The molecule has 0 aliphatic carbocycles. The highest BCUT2D eigenvalue weighted by atomic mass is 79.9. The maximum absolute atomic E-state index is 5.26. The molecule has 2 heterocycles. The van der Waals surface area contributed by atoms with Gasteiger partial charge in [0.05, 0.1) is 18.2 Å². The van der Waals surface area contributed by atoms with Crippen molar-refractivity contribution in [1.82, 2.24) is 14.5 Å². The van der Waals surface area contributed by atoms with Crippen molar-refractivity contribution in [3.05, 3.63) is 21.5 Å². The first kappa shape index (κ1) is 11.8. The lowest BCUT2D eigenvalue weighted by molar-refractivity contribution is 0.104. The molecule has 0 saturated carbocycles. The average molecular weight is 302 g/mol. The van der Waals surface area contributed by atoms with Gasteiger partial charge in [0.25, 0.3) is 0 Å². The molecule has 0 amide bonds. The predicted octanol–water partition coefficient (Wildman–Crippen LogP) is 2.89. The number of H-pyrrole nitrogens is 1. The maximum atomic E-state index is 5.26. The summed E-state index contributed by atoms with van der Waals surface area (Å²) in [4.78, 5) is 7.48. The Morgan fingerprint density at radius 1 is 1.69 bits per heavy atom. The van der Waals surface area contributed by atoms with E-state index in [1.165, 1.54) is 0 Å². The van der Waals surface area contributed by atoms with Crippen LogP contribution in [0.4, 0.5) is 0 Å². The van der Waals surface area contributed by atoms with Crippen molar-refractivity contribution in [2.75, 3.05) is 7.11 Å². The standard InChI is InChI=1S/C10H12BrN3OS/c1-6(15-2)5-14-9-8(13-10(14)16)3-7(11)4-12-9/h3-4,6H,5H2,1-2H3,(H,13,16). The van der Waals surface area contributed by atoms with Crippen molar-refractivity contribution in [3.8, 4) is 0 Å². The van der Waals surface area contributed by atoms with E-state index in [1.54, 1.807) is 13.3 Å². The molecule has 2 aromatic heterocycles. The summed E-state index contributed by atoms with van der Waals surface area (Å²) in [5.41, 5.74) is 1.79. The lowest BCUT2D eigenvalue weighted by Gasteiger charge is -2.10. The van der Waals surface area contributed by atoms with Crippen LogP contribution in [0, 0.1) is 4.77 Å². The Bertz CT molecular complexity index is 563. The number of pyridine rings is 1. The van der Waals surface area contributed by atoms with Crippen LogP contribution in [0.1, 0.15) is 6.92 Å². The van der Waals surface area contributed by atoms with Gasteiger partial charge in [-0.2, -0.15) is 0 Å².